The minimum Gasteiger partial charge on any atom is -0.353 e. The predicted molar refractivity (Wildman–Crippen MR) is 49.6 cm³/mol. The maximum Gasteiger partial charge on any atom is 0.235 e. The van der Waals surface area contributed by atoms with Crippen molar-refractivity contribution in [3.63, 3.8) is 0 Å². The monoisotopic (exact) mass is 173 g/mol. The molecule has 0 heterocycles. The van der Waals surface area contributed by atoms with Gasteiger partial charge in [0.05, 0.1) is 6.54 Å². The van der Waals surface area contributed by atoms with Crippen molar-refractivity contribution in [2.24, 2.45) is 0 Å². The van der Waals surface area contributed by atoms with E-state index in [1.807, 2.05) is 27.9 Å². The number of nitrogens with zero attached hydrogens (tertiary/aromatic N) is 1. The molecular weight excluding hydrogens is 154 g/mol. The number of carbonyl (C=O) groups excluding carboxylic acids is 1. The fourth-order valence-electron chi connectivity index (χ4n) is 0.658. The van der Waals surface area contributed by atoms with Gasteiger partial charge in [0.1, 0.15) is 0 Å². The Balaban J connectivity index is 3.46. The first-order valence-corrected chi connectivity index (χ1v) is 4.26. The Kier molecular flexibility index (Phi) is 5.66. The van der Waals surface area contributed by atoms with E-state index in [1.165, 1.54) is 0 Å². The van der Waals surface area contributed by atoms with Crippen LogP contribution in [0.4, 0.5) is 0 Å². The zero-order valence-electron chi connectivity index (χ0n) is 8.35. The Hall–Kier alpha value is -0.610. The van der Waals surface area contributed by atoms with Gasteiger partial charge in [-0.05, 0) is 13.3 Å². The SMILES string of the molecule is CCC(C)NC(=O)CNN(C)C. The van der Waals surface area contributed by atoms with Crippen LogP contribution in [-0.4, -0.2) is 37.6 Å². The molecule has 1 atom stereocenters. The van der Waals surface area contributed by atoms with E-state index in [0.717, 1.165) is 6.42 Å². The lowest BCUT2D eigenvalue weighted by molar-refractivity contribution is -0.121. The van der Waals surface area contributed by atoms with Crippen molar-refractivity contribution in [2.75, 3.05) is 20.6 Å². The summed E-state index contributed by atoms with van der Waals surface area (Å²) in [7, 11) is 3.72. The molecule has 4 heteroatoms. The van der Waals surface area contributed by atoms with E-state index in [4.69, 9.17) is 0 Å². The van der Waals surface area contributed by atoms with Gasteiger partial charge in [-0.15, -0.1) is 0 Å². The largest absolute Gasteiger partial charge is 0.353 e. The van der Waals surface area contributed by atoms with E-state index in [1.54, 1.807) is 5.01 Å². The lowest BCUT2D eigenvalue weighted by Gasteiger charge is -2.14. The summed E-state index contributed by atoms with van der Waals surface area (Å²) in [4.78, 5) is 11.1. The molecule has 0 aromatic rings. The van der Waals surface area contributed by atoms with Crippen LogP contribution in [0.25, 0.3) is 0 Å². The van der Waals surface area contributed by atoms with Crippen LogP contribution in [0.15, 0.2) is 0 Å². The quantitative estimate of drug-likeness (QED) is 0.574. The first-order chi connectivity index (χ1) is 5.56. The van der Waals surface area contributed by atoms with Crippen molar-refractivity contribution in [3.05, 3.63) is 0 Å². The van der Waals surface area contributed by atoms with Gasteiger partial charge in [0.2, 0.25) is 5.91 Å². The second-order valence-corrected chi connectivity index (χ2v) is 3.11. The summed E-state index contributed by atoms with van der Waals surface area (Å²) in [5.41, 5.74) is 2.90. The second-order valence-electron chi connectivity index (χ2n) is 3.11. The minimum atomic E-state index is 0.0399. The fourth-order valence-corrected chi connectivity index (χ4v) is 0.658. The zero-order valence-corrected chi connectivity index (χ0v) is 8.35. The van der Waals surface area contributed by atoms with Gasteiger partial charge < -0.3 is 5.32 Å². The van der Waals surface area contributed by atoms with Crippen LogP contribution in [0.3, 0.4) is 0 Å². The van der Waals surface area contributed by atoms with Gasteiger partial charge in [-0.3, -0.25) is 9.80 Å². The molecule has 0 aliphatic rings. The molecule has 4 nitrogen and oxygen atoms in total. The maximum absolute atomic E-state index is 11.1. The Bertz CT molecular complexity index is 136. The molecule has 2 N–H and O–H groups in total. The molecule has 72 valence electrons. The number of nitrogens with one attached hydrogen (secondary N) is 2. The highest BCUT2D eigenvalue weighted by molar-refractivity contribution is 5.78. The second kappa shape index (κ2) is 5.97. The van der Waals surface area contributed by atoms with Gasteiger partial charge in [0.15, 0.2) is 0 Å². The Morgan fingerprint density at radius 2 is 2.08 bits per heavy atom. The molecular formula is C8H19N3O. The van der Waals surface area contributed by atoms with Crippen LogP contribution in [-0.2, 0) is 4.79 Å². The van der Waals surface area contributed by atoms with E-state index in [0.29, 0.717) is 6.54 Å². The average molecular weight is 173 g/mol. The van der Waals surface area contributed by atoms with Gasteiger partial charge in [-0.25, -0.2) is 5.43 Å². The normalized spacial score (nSPS) is 13.1. The molecule has 0 aromatic heterocycles. The van der Waals surface area contributed by atoms with Gasteiger partial charge >= 0.3 is 0 Å². The van der Waals surface area contributed by atoms with Crippen molar-refractivity contribution in [1.29, 1.82) is 0 Å². The molecule has 0 fully saturated rings. The van der Waals surface area contributed by atoms with E-state index >= 15 is 0 Å². The fraction of sp³-hybridized carbons (Fsp3) is 0.875. The summed E-state index contributed by atoms with van der Waals surface area (Å²) in [6, 6.07) is 0.265. The first-order valence-electron chi connectivity index (χ1n) is 4.26. The van der Waals surface area contributed by atoms with Gasteiger partial charge in [-0.1, -0.05) is 6.92 Å². The van der Waals surface area contributed by atoms with Crippen molar-refractivity contribution < 1.29 is 4.79 Å². The molecule has 0 aliphatic carbocycles. The zero-order chi connectivity index (χ0) is 9.56. The molecule has 1 unspecified atom stereocenters. The van der Waals surface area contributed by atoms with Gasteiger partial charge in [-0.2, -0.15) is 0 Å². The van der Waals surface area contributed by atoms with Crippen LogP contribution in [0.1, 0.15) is 20.3 Å². The predicted octanol–water partition coefficient (Wildman–Crippen LogP) is -0.0327. The molecule has 0 aromatic carbocycles. The van der Waals surface area contributed by atoms with E-state index in [9.17, 15) is 4.79 Å². The van der Waals surface area contributed by atoms with Crippen LogP contribution in [0.5, 0.6) is 0 Å². The first kappa shape index (κ1) is 11.4. The van der Waals surface area contributed by atoms with Gasteiger partial charge in [0.25, 0.3) is 0 Å². The summed E-state index contributed by atoms with van der Waals surface area (Å²) in [6.07, 6.45) is 0.966. The van der Waals surface area contributed by atoms with E-state index < -0.39 is 0 Å². The van der Waals surface area contributed by atoms with Crippen molar-refractivity contribution in [1.82, 2.24) is 15.8 Å². The third-order valence-electron chi connectivity index (χ3n) is 1.58. The number of rotatable bonds is 5. The lowest BCUT2D eigenvalue weighted by atomic mass is 10.2. The summed E-state index contributed by atoms with van der Waals surface area (Å²) < 4.78 is 0. The summed E-state index contributed by atoms with van der Waals surface area (Å²) in [5, 5.41) is 4.62. The number of hydrogen-bond donors (Lipinski definition) is 2. The molecule has 0 bridgehead atoms. The molecule has 1 amide bonds. The van der Waals surface area contributed by atoms with Crippen LogP contribution < -0.4 is 10.7 Å². The number of hydrogen-bond acceptors (Lipinski definition) is 3. The highest BCUT2D eigenvalue weighted by Crippen LogP contribution is 1.86. The Morgan fingerprint density at radius 1 is 1.50 bits per heavy atom. The highest BCUT2D eigenvalue weighted by atomic mass is 16.2. The molecule has 0 saturated carbocycles. The lowest BCUT2D eigenvalue weighted by Crippen LogP contribution is -2.42. The third kappa shape index (κ3) is 6.12. The molecule has 12 heavy (non-hydrogen) atoms. The van der Waals surface area contributed by atoms with Crippen LogP contribution in [0.2, 0.25) is 0 Å². The van der Waals surface area contributed by atoms with Crippen molar-refractivity contribution in [3.8, 4) is 0 Å². The van der Waals surface area contributed by atoms with E-state index in [2.05, 4.69) is 10.7 Å². The topological polar surface area (TPSA) is 44.4 Å². The standard InChI is InChI=1S/C8H19N3O/c1-5-7(2)10-8(12)6-9-11(3)4/h7,9H,5-6H2,1-4H3,(H,10,12). The smallest absolute Gasteiger partial charge is 0.235 e. The third-order valence-corrected chi connectivity index (χ3v) is 1.58. The van der Waals surface area contributed by atoms with Crippen molar-refractivity contribution in [2.45, 2.75) is 26.3 Å². The summed E-state index contributed by atoms with van der Waals surface area (Å²) in [6.45, 7) is 4.38. The number of carbonyl (C=O) groups is 1. The maximum atomic E-state index is 11.1. The molecule has 0 rings (SSSR count). The molecule has 0 saturated heterocycles. The minimum absolute atomic E-state index is 0.0399. The van der Waals surface area contributed by atoms with Gasteiger partial charge in [0, 0.05) is 20.1 Å². The summed E-state index contributed by atoms with van der Waals surface area (Å²) >= 11 is 0. The molecule has 0 aliphatic heterocycles. The van der Waals surface area contributed by atoms with Crippen LogP contribution in [0, 0.1) is 0 Å². The van der Waals surface area contributed by atoms with E-state index in [-0.39, 0.29) is 11.9 Å². The average Bonchev–Trinajstić information content (AvgIpc) is 2.00. The highest BCUT2D eigenvalue weighted by Gasteiger charge is 2.04. The molecule has 0 radical (unpaired) electrons. The summed E-state index contributed by atoms with van der Waals surface area (Å²) in [5.74, 6) is 0.0399. The Labute approximate surface area is 74.3 Å². The van der Waals surface area contributed by atoms with Crippen LogP contribution >= 0.6 is 0 Å². The van der Waals surface area contributed by atoms with Crippen molar-refractivity contribution >= 4 is 5.91 Å². The number of hydrazine groups is 1. The number of amides is 1. The Morgan fingerprint density at radius 3 is 2.50 bits per heavy atom. The molecule has 0 spiro atoms.